The van der Waals surface area contributed by atoms with Crippen molar-refractivity contribution in [1.29, 1.82) is 0 Å². The summed E-state index contributed by atoms with van der Waals surface area (Å²) in [5, 5.41) is 3.24. The van der Waals surface area contributed by atoms with Crippen LogP contribution in [0.4, 0.5) is 0 Å². The smallest absolute Gasteiger partial charge is 0.00230 e. The molecule has 1 heteroatoms. The normalized spacial score (nSPS) is 10.8. The third kappa shape index (κ3) is 9.14. The van der Waals surface area contributed by atoms with Gasteiger partial charge in [0.1, 0.15) is 0 Å². The summed E-state index contributed by atoms with van der Waals surface area (Å²) < 4.78 is 0. The first-order valence-corrected chi connectivity index (χ1v) is 8.32. The van der Waals surface area contributed by atoms with E-state index in [0.29, 0.717) is 5.92 Å². The molecule has 1 aromatic carbocycles. The molecular weight excluding hydrogens is 242 g/mol. The monoisotopic (exact) mass is 279 g/mol. The highest BCUT2D eigenvalue weighted by molar-refractivity contribution is 5.34. The van der Waals surface area contributed by atoms with Gasteiger partial charge in [-0.2, -0.15) is 0 Å². The molecule has 1 unspecified atom stereocenters. The van der Waals surface area contributed by atoms with E-state index in [9.17, 15) is 0 Å². The van der Waals surface area contributed by atoms with Gasteiger partial charge in [0.25, 0.3) is 0 Å². The molecule has 0 heterocycles. The van der Waals surface area contributed by atoms with E-state index < -0.39 is 0 Å². The second kappa shape index (κ2) is 14.6. The fourth-order valence-electron chi connectivity index (χ4n) is 2.26. The van der Waals surface area contributed by atoms with Gasteiger partial charge in [0, 0.05) is 0 Å². The molecule has 1 atom stereocenters. The molecule has 0 saturated carbocycles. The lowest BCUT2D eigenvalue weighted by Gasteiger charge is -2.15. The number of nitrogens with one attached hydrogen (secondary N) is 1. The molecule has 0 radical (unpaired) electrons. The first-order chi connectivity index (χ1) is 9.60. The van der Waals surface area contributed by atoms with Crippen LogP contribution >= 0.6 is 0 Å². The SMILES string of the molecule is CC.CCC.CCc1c(C)cccc1CC(C)CNC. The minimum absolute atomic E-state index is 0.710. The van der Waals surface area contributed by atoms with Gasteiger partial charge in [0.05, 0.1) is 0 Å². The lowest BCUT2D eigenvalue weighted by Crippen LogP contribution is -2.18. The van der Waals surface area contributed by atoms with Crippen LogP contribution in [-0.2, 0) is 12.8 Å². The van der Waals surface area contributed by atoms with Gasteiger partial charge in [-0.05, 0) is 56.0 Å². The predicted molar refractivity (Wildman–Crippen MR) is 94.7 cm³/mol. The standard InChI is InChI=1S/C14H23N.C3H8.C2H6/c1-5-14-12(3)7-6-8-13(14)9-11(2)10-15-4;1-3-2;1-2/h6-8,11,15H,5,9-10H2,1-4H3;3H2,1-2H3;1-2H3. The summed E-state index contributed by atoms with van der Waals surface area (Å²) in [7, 11) is 2.02. The molecule has 0 aliphatic rings. The van der Waals surface area contributed by atoms with E-state index in [1.54, 1.807) is 5.56 Å². The Morgan fingerprint density at radius 1 is 1.10 bits per heavy atom. The van der Waals surface area contributed by atoms with Crippen LogP contribution in [0.3, 0.4) is 0 Å². The van der Waals surface area contributed by atoms with E-state index in [-0.39, 0.29) is 0 Å². The van der Waals surface area contributed by atoms with Crippen molar-refractivity contribution in [3.8, 4) is 0 Å². The minimum Gasteiger partial charge on any atom is -0.319 e. The van der Waals surface area contributed by atoms with Gasteiger partial charge in [-0.25, -0.2) is 0 Å². The fourth-order valence-corrected chi connectivity index (χ4v) is 2.26. The van der Waals surface area contributed by atoms with Crippen molar-refractivity contribution in [3.63, 3.8) is 0 Å². The quantitative estimate of drug-likeness (QED) is 0.761. The molecular formula is C19H37N. The van der Waals surface area contributed by atoms with Gasteiger partial charge in [-0.1, -0.05) is 66.2 Å². The van der Waals surface area contributed by atoms with Crippen molar-refractivity contribution in [1.82, 2.24) is 5.32 Å². The number of hydrogen-bond donors (Lipinski definition) is 1. The predicted octanol–water partition coefficient (Wildman–Crippen LogP) is 5.40. The van der Waals surface area contributed by atoms with E-state index in [1.807, 2.05) is 20.9 Å². The maximum absolute atomic E-state index is 3.24. The lowest BCUT2D eigenvalue weighted by atomic mass is 9.93. The molecule has 20 heavy (non-hydrogen) atoms. The summed E-state index contributed by atoms with van der Waals surface area (Å²) in [6.07, 6.45) is 3.58. The molecule has 0 fully saturated rings. The number of hydrogen-bond acceptors (Lipinski definition) is 1. The molecule has 1 N–H and O–H groups in total. The molecule has 0 saturated heterocycles. The molecule has 0 aliphatic heterocycles. The summed E-state index contributed by atoms with van der Waals surface area (Å²) in [4.78, 5) is 0. The Bertz CT molecular complexity index is 318. The highest BCUT2D eigenvalue weighted by Gasteiger charge is 2.07. The van der Waals surface area contributed by atoms with Crippen molar-refractivity contribution in [2.24, 2.45) is 5.92 Å². The molecule has 0 bridgehead atoms. The first kappa shape index (κ1) is 21.5. The molecule has 0 aromatic heterocycles. The Balaban J connectivity index is 0. The van der Waals surface area contributed by atoms with E-state index in [2.05, 4.69) is 58.1 Å². The molecule has 0 amide bonds. The molecule has 0 spiro atoms. The summed E-state index contributed by atoms with van der Waals surface area (Å²) >= 11 is 0. The summed E-state index contributed by atoms with van der Waals surface area (Å²) in [6.45, 7) is 16.1. The molecule has 118 valence electrons. The van der Waals surface area contributed by atoms with Crippen LogP contribution < -0.4 is 5.32 Å². The summed E-state index contributed by atoms with van der Waals surface area (Å²) in [6, 6.07) is 6.67. The van der Waals surface area contributed by atoms with Crippen LogP contribution in [0.2, 0.25) is 0 Å². The maximum Gasteiger partial charge on any atom is -0.00230 e. The van der Waals surface area contributed by atoms with Crippen molar-refractivity contribution < 1.29 is 0 Å². The topological polar surface area (TPSA) is 12.0 Å². The van der Waals surface area contributed by atoms with Crippen LogP contribution in [0, 0.1) is 12.8 Å². The number of benzene rings is 1. The van der Waals surface area contributed by atoms with Gasteiger partial charge < -0.3 is 5.32 Å². The maximum atomic E-state index is 3.24. The highest BCUT2D eigenvalue weighted by atomic mass is 14.8. The third-order valence-electron chi connectivity index (χ3n) is 2.98. The Morgan fingerprint density at radius 3 is 2.10 bits per heavy atom. The Hall–Kier alpha value is -0.820. The fraction of sp³-hybridized carbons (Fsp3) is 0.684. The highest BCUT2D eigenvalue weighted by Crippen LogP contribution is 2.18. The summed E-state index contributed by atoms with van der Waals surface area (Å²) in [5.74, 6) is 0.710. The van der Waals surface area contributed by atoms with Crippen LogP contribution in [0.1, 0.15) is 64.7 Å². The lowest BCUT2D eigenvalue weighted by molar-refractivity contribution is 0.540. The zero-order chi connectivity index (χ0) is 16.0. The average Bonchev–Trinajstić information content (AvgIpc) is 2.42. The molecule has 1 rings (SSSR count). The average molecular weight is 280 g/mol. The van der Waals surface area contributed by atoms with Crippen LogP contribution in [0.25, 0.3) is 0 Å². The minimum atomic E-state index is 0.710. The number of rotatable bonds is 5. The Morgan fingerprint density at radius 2 is 1.65 bits per heavy atom. The summed E-state index contributed by atoms with van der Waals surface area (Å²) in [5.41, 5.74) is 4.51. The van der Waals surface area contributed by atoms with E-state index in [4.69, 9.17) is 0 Å². The van der Waals surface area contributed by atoms with E-state index >= 15 is 0 Å². The van der Waals surface area contributed by atoms with Crippen molar-refractivity contribution in [3.05, 3.63) is 34.9 Å². The van der Waals surface area contributed by atoms with Gasteiger partial charge in [0.15, 0.2) is 0 Å². The van der Waals surface area contributed by atoms with Crippen molar-refractivity contribution >= 4 is 0 Å². The van der Waals surface area contributed by atoms with Gasteiger partial charge >= 0.3 is 0 Å². The van der Waals surface area contributed by atoms with Crippen LogP contribution in [0.5, 0.6) is 0 Å². The van der Waals surface area contributed by atoms with E-state index in [1.165, 1.54) is 24.0 Å². The van der Waals surface area contributed by atoms with Gasteiger partial charge in [-0.15, -0.1) is 0 Å². The molecule has 1 nitrogen and oxygen atoms in total. The zero-order valence-corrected chi connectivity index (χ0v) is 15.1. The number of aryl methyl sites for hydroxylation is 1. The van der Waals surface area contributed by atoms with Crippen LogP contribution in [-0.4, -0.2) is 13.6 Å². The zero-order valence-electron chi connectivity index (χ0n) is 15.1. The van der Waals surface area contributed by atoms with Gasteiger partial charge in [0.2, 0.25) is 0 Å². The largest absolute Gasteiger partial charge is 0.319 e. The third-order valence-corrected chi connectivity index (χ3v) is 2.98. The second-order valence-corrected chi connectivity index (χ2v) is 5.14. The Kier molecular flexibility index (Phi) is 15.7. The molecule has 0 aliphatic carbocycles. The first-order valence-electron chi connectivity index (χ1n) is 8.32. The van der Waals surface area contributed by atoms with Crippen LogP contribution in [0.15, 0.2) is 18.2 Å². The second-order valence-electron chi connectivity index (χ2n) is 5.14. The van der Waals surface area contributed by atoms with Gasteiger partial charge in [-0.3, -0.25) is 0 Å². The van der Waals surface area contributed by atoms with Crippen molar-refractivity contribution in [2.45, 2.75) is 67.7 Å². The van der Waals surface area contributed by atoms with Crippen molar-refractivity contribution in [2.75, 3.05) is 13.6 Å². The molecule has 1 aromatic rings. The Labute approximate surface area is 128 Å². The van der Waals surface area contributed by atoms with E-state index in [0.717, 1.165) is 13.0 Å².